The van der Waals surface area contributed by atoms with Crippen LogP contribution in [0.2, 0.25) is 0 Å². The molecule has 0 radical (unpaired) electrons. The highest BCUT2D eigenvalue weighted by Crippen LogP contribution is 2.03. The molecule has 0 unspecified atom stereocenters. The van der Waals surface area contributed by atoms with Gasteiger partial charge in [0.05, 0.1) is 0 Å². The van der Waals surface area contributed by atoms with E-state index in [2.05, 4.69) is 57.2 Å². The second kappa shape index (κ2) is 19.3. The molecule has 0 saturated heterocycles. The first-order chi connectivity index (χ1) is 9.35. The minimum Gasteiger partial charge on any atom is -0.0839 e. The van der Waals surface area contributed by atoms with E-state index in [1.807, 2.05) is 19.9 Å². The van der Waals surface area contributed by atoms with E-state index in [9.17, 15) is 0 Å². The number of allylic oxidation sites excluding steroid dienone is 1. The maximum Gasteiger partial charge on any atom is -0.0260 e. The van der Waals surface area contributed by atoms with Gasteiger partial charge in [-0.05, 0) is 12.0 Å². The SMILES string of the molecule is CC.CCCC/C=C\c1ccccc1.CCCCC. The standard InChI is InChI=1S/C12H16.C5H12.C2H6/c1-2-3-4-6-9-12-10-7-5-8-11-12;1-3-5-4-2;1-2/h5-11H,2-4H2,1H3;3-5H2,1-2H3;1-2H3/b9-6-;;. The van der Waals surface area contributed by atoms with Gasteiger partial charge in [-0.1, -0.05) is 109 Å². The molecule has 0 heteroatoms. The fourth-order valence-corrected chi connectivity index (χ4v) is 1.46. The summed E-state index contributed by atoms with van der Waals surface area (Å²) < 4.78 is 0. The minimum atomic E-state index is 1.20. The van der Waals surface area contributed by atoms with Crippen LogP contribution in [0.3, 0.4) is 0 Å². The van der Waals surface area contributed by atoms with E-state index in [-0.39, 0.29) is 0 Å². The van der Waals surface area contributed by atoms with Gasteiger partial charge in [-0.25, -0.2) is 0 Å². The molecular formula is C19H34. The van der Waals surface area contributed by atoms with Gasteiger partial charge < -0.3 is 0 Å². The smallest absolute Gasteiger partial charge is 0.0260 e. The molecule has 19 heavy (non-hydrogen) atoms. The summed E-state index contributed by atoms with van der Waals surface area (Å²) in [5.74, 6) is 0. The first-order valence-electron chi connectivity index (χ1n) is 8.06. The molecule has 110 valence electrons. The third-order valence-electron chi connectivity index (χ3n) is 2.54. The molecule has 0 bridgehead atoms. The van der Waals surface area contributed by atoms with Crippen LogP contribution < -0.4 is 0 Å². The summed E-state index contributed by atoms with van der Waals surface area (Å²) in [6.45, 7) is 10.6. The van der Waals surface area contributed by atoms with Gasteiger partial charge in [-0.3, -0.25) is 0 Å². The molecule has 0 nitrogen and oxygen atoms in total. The van der Waals surface area contributed by atoms with Gasteiger partial charge in [-0.15, -0.1) is 0 Å². The van der Waals surface area contributed by atoms with Crippen LogP contribution in [-0.4, -0.2) is 0 Å². The number of unbranched alkanes of at least 4 members (excludes halogenated alkanes) is 4. The number of hydrogen-bond acceptors (Lipinski definition) is 0. The fraction of sp³-hybridized carbons (Fsp3) is 0.579. The van der Waals surface area contributed by atoms with Crippen molar-refractivity contribution < 1.29 is 0 Å². The highest BCUT2D eigenvalue weighted by molar-refractivity contribution is 5.48. The molecule has 1 aromatic carbocycles. The fourth-order valence-electron chi connectivity index (χ4n) is 1.46. The third kappa shape index (κ3) is 17.0. The topological polar surface area (TPSA) is 0 Å². The van der Waals surface area contributed by atoms with Crippen molar-refractivity contribution in [2.24, 2.45) is 0 Å². The lowest BCUT2D eigenvalue weighted by Gasteiger charge is -1.91. The lowest BCUT2D eigenvalue weighted by Crippen LogP contribution is -1.69. The summed E-state index contributed by atoms with van der Waals surface area (Å²) in [5, 5.41) is 0. The van der Waals surface area contributed by atoms with Gasteiger partial charge in [0, 0.05) is 0 Å². The normalized spacial score (nSPS) is 9.32. The molecule has 0 heterocycles. The van der Waals surface area contributed by atoms with Crippen LogP contribution >= 0.6 is 0 Å². The summed E-state index contributed by atoms with van der Waals surface area (Å²) in [7, 11) is 0. The maximum atomic E-state index is 2.25. The lowest BCUT2D eigenvalue weighted by atomic mass is 10.2. The predicted octanol–water partition coefficient (Wildman–Crippen LogP) is 7.11. The molecule has 0 fully saturated rings. The summed E-state index contributed by atoms with van der Waals surface area (Å²) in [6, 6.07) is 10.4. The monoisotopic (exact) mass is 262 g/mol. The summed E-state index contributed by atoms with van der Waals surface area (Å²) in [6.07, 6.45) is 12.3. The van der Waals surface area contributed by atoms with Crippen molar-refractivity contribution in [2.75, 3.05) is 0 Å². The van der Waals surface area contributed by atoms with Crippen molar-refractivity contribution in [3.8, 4) is 0 Å². The third-order valence-corrected chi connectivity index (χ3v) is 2.54. The maximum absolute atomic E-state index is 2.25. The molecule has 1 rings (SSSR count). The minimum absolute atomic E-state index is 1.20. The second-order valence-electron chi connectivity index (χ2n) is 4.31. The number of benzene rings is 1. The zero-order chi connectivity index (χ0) is 14.8. The van der Waals surface area contributed by atoms with Gasteiger partial charge in [0.15, 0.2) is 0 Å². The van der Waals surface area contributed by atoms with E-state index in [0.29, 0.717) is 0 Å². The van der Waals surface area contributed by atoms with Gasteiger partial charge >= 0.3 is 0 Å². The molecule has 0 saturated carbocycles. The molecule has 0 atom stereocenters. The van der Waals surface area contributed by atoms with Crippen molar-refractivity contribution in [1.82, 2.24) is 0 Å². The summed E-state index contributed by atoms with van der Waals surface area (Å²) in [5.41, 5.74) is 1.30. The summed E-state index contributed by atoms with van der Waals surface area (Å²) in [4.78, 5) is 0. The highest BCUT2D eigenvalue weighted by Gasteiger charge is 1.82. The van der Waals surface area contributed by atoms with Crippen molar-refractivity contribution in [3.63, 3.8) is 0 Å². The molecule has 0 spiro atoms. The van der Waals surface area contributed by atoms with Gasteiger partial charge in [0.25, 0.3) is 0 Å². The van der Waals surface area contributed by atoms with E-state index in [1.165, 1.54) is 44.1 Å². The van der Waals surface area contributed by atoms with Crippen molar-refractivity contribution in [2.45, 2.75) is 73.1 Å². The second-order valence-corrected chi connectivity index (χ2v) is 4.31. The van der Waals surface area contributed by atoms with Gasteiger partial charge in [0.1, 0.15) is 0 Å². The van der Waals surface area contributed by atoms with Crippen LogP contribution in [0.25, 0.3) is 6.08 Å². The van der Waals surface area contributed by atoms with E-state index in [4.69, 9.17) is 0 Å². The Labute approximate surface area is 121 Å². The Balaban J connectivity index is 0. The largest absolute Gasteiger partial charge is 0.0839 e. The Hall–Kier alpha value is -1.04. The number of rotatable bonds is 6. The first-order valence-corrected chi connectivity index (χ1v) is 8.06. The van der Waals surface area contributed by atoms with Crippen LogP contribution in [0, 0.1) is 0 Å². The molecule has 0 aliphatic heterocycles. The quantitative estimate of drug-likeness (QED) is 0.479. The van der Waals surface area contributed by atoms with Crippen LogP contribution in [0.1, 0.15) is 78.7 Å². The molecular weight excluding hydrogens is 228 g/mol. The van der Waals surface area contributed by atoms with Crippen molar-refractivity contribution >= 4 is 6.08 Å². The van der Waals surface area contributed by atoms with Crippen LogP contribution in [0.5, 0.6) is 0 Å². The first kappa shape index (κ1) is 20.3. The molecule has 0 amide bonds. The average Bonchev–Trinajstić information content (AvgIpc) is 2.48. The molecule has 1 aromatic rings. The zero-order valence-corrected chi connectivity index (χ0v) is 13.8. The van der Waals surface area contributed by atoms with Gasteiger partial charge in [0.2, 0.25) is 0 Å². The molecule has 0 aromatic heterocycles. The van der Waals surface area contributed by atoms with Crippen LogP contribution in [0.4, 0.5) is 0 Å². The molecule has 0 N–H and O–H groups in total. The van der Waals surface area contributed by atoms with Crippen LogP contribution in [-0.2, 0) is 0 Å². The van der Waals surface area contributed by atoms with E-state index < -0.39 is 0 Å². The summed E-state index contributed by atoms with van der Waals surface area (Å²) >= 11 is 0. The molecule has 0 aliphatic rings. The van der Waals surface area contributed by atoms with E-state index in [0.717, 1.165) is 0 Å². The van der Waals surface area contributed by atoms with Gasteiger partial charge in [-0.2, -0.15) is 0 Å². The predicted molar refractivity (Wildman–Crippen MR) is 91.5 cm³/mol. The Bertz CT molecular complexity index is 257. The Kier molecular flexibility index (Phi) is 20.6. The number of hydrogen-bond donors (Lipinski definition) is 0. The van der Waals surface area contributed by atoms with Crippen molar-refractivity contribution in [3.05, 3.63) is 42.0 Å². The Morgan fingerprint density at radius 2 is 1.32 bits per heavy atom. The molecule has 0 aliphatic carbocycles. The Morgan fingerprint density at radius 1 is 0.789 bits per heavy atom. The van der Waals surface area contributed by atoms with E-state index in [1.54, 1.807) is 0 Å². The van der Waals surface area contributed by atoms with Crippen LogP contribution in [0.15, 0.2) is 36.4 Å². The Morgan fingerprint density at radius 3 is 1.74 bits per heavy atom. The average molecular weight is 262 g/mol. The highest BCUT2D eigenvalue weighted by atomic mass is 13.9. The lowest BCUT2D eigenvalue weighted by molar-refractivity contribution is 0.772. The zero-order valence-electron chi connectivity index (χ0n) is 13.8. The van der Waals surface area contributed by atoms with Crippen molar-refractivity contribution in [1.29, 1.82) is 0 Å². The van der Waals surface area contributed by atoms with E-state index >= 15 is 0 Å².